The number of aromatic nitrogens is 1. The van der Waals surface area contributed by atoms with Crippen molar-refractivity contribution >= 4 is 0 Å². The molecule has 94 valence electrons. The van der Waals surface area contributed by atoms with E-state index in [4.69, 9.17) is 0 Å². The molecule has 0 amide bonds. The van der Waals surface area contributed by atoms with Crippen LogP contribution in [0.1, 0.15) is 17.3 Å². The van der Waals surface area contributed by atoms with Crippen molar-refractivity contribution < 1.29 is 13.2 Å². The van der Waals surface area contributed by atoms with E-state index in [9.17, 15) is 13.2 Å². The molecule has 1 N–H and O–H groups in total. The van der Waals surface area contributed by atoms with Crippen molar-refractivity contribution in [1.29, 1.82) is 0 Å². The minimum Gasteiger partial charge on any atom is -0.308 e. The van der Waals surface area contributed by atoms with E-state index >= 15 is 0 Å². The van der Waals surface area contributed by atoms with Gasteiger partial charge in [-0.05, 0) is 24.7 Å². The van der Waals surface area contributed by atoms with Gasteiger partial charge in [0, 0.05) is 31.9 Å². The number of pyridine rings is 1. The highest BCUT2D eigenvalue weighted by atomic mass is 19.4. The molecule has 1 atom stereocenters. The Bertz CT molecular complexity index is 392. The van der Waals surface area contributed by atoms with E-state index < -0.39 is 11.9 Å². The predicted octanol–water partition coefficient (Wildman–Crippen LogP) is 1.68. The van der Waals surface area contributed by atoms with Gasteiger partial charge in [0.15, 0.2) is 0 Å². The highest BCUT2D eigenvalue weighted by Crippen LogP contribution is 2.29. The van der Waals surface area contributed by atoms with Gasteiger partial charge in [0.25, 0.3) is 0 Å². The Hall–Kier alpha value is -1.14. The SMILES string of the molecule is CN1CCNC(c2ccnc(C(F)(F)F)c2)C1. The van der Waals surface area contributed by atoms with E-state index in [0.717, 1.165) is 19.2 Å². The second-order valence-corrected chi connectivity index (χ2v) is 4.24. The highest BCUT2D eigenvalue weighted by Gasteiger charge is 2.33. The molecule has 1 saturated heterocycles. The molecule has 1 aliphatic heterocycles. The number of alkyl halides is 3. The minimum absolute atomic E-state index is 0.0575. The van der Waals surface area contributed by atoms with E-state index in [1.54, 1.807) is 6.07 Å². The summed E-state index contributed by atoms with van der Waals surface area (Å²) in [4.78, 5) is 5.45. The molecule has 1 unspecified atom stereocenters. The van der Waals surface area contributed by atoms with Crippen LogP contribution in [0, 0.1) is 0 Å². The normalized spacial score (nSPS) is 22.7. The van der Waals surface area contributed by atoms with Crippen molar-refractivity contribution in [2.24, 2.45) is 0 Å². The molecular formula is C11H14F3N3. The smallest absolute Gasteiger partial charge is 0.308 e. The van der Waals surface area contributed by atoms with Crippen molar-refractivity contribution in [3.63, 3.8) is 0 Å². The van der Waals surface area contributed by atoms with E-state index in [0.29, 0.717) is 12.1 Å². The second kappa shape index (κ2) is 4.62. The fourth-order valence-corrected chi connectivity index (χ4v) is 1.94. The lowest BCUT2D eigenvalue weighted by molar-refractivity contribution is -0.141. The van der Waals surface area contributed by atoms with Gasteiger partial charge >= 0.3 is 6.18 Å². The van der Waals surface area contributed by atoms with Crippen molar-refractivity contribution in [1.82, 2.24) is 15.2 Å². The Morgan fingerprint density at radius 1 is 1.47 bits per heavy atom. The third-order valence-corrected chi connectivity index (χ3v) is 2.86. The van der Waals surface area contributed by atoms with Gasteiger partial charge in [0.05, 0.1) is 0 Å². The Kier molecular flexibility index (Phi) is 3.35. The van der Waals surface area contributed by atoms with Crippen molar-refractivity contribution in [2.45, 2.75) is 12.2 Å². The number of halogens is 3. The first-order chi connectivity index (χ1) is 7.97. The first-order valence-electron chi connectivity index (χ1n) is 5.42. The molecule has 0 saturated carbocycles. The maximum Gasteiger partial charge on any atom is 0.433 e. The molecule has 3 nitrogen and oxygen atoms in total. The van der Waals surface area contributed by atoms with Crippen LogP contribution in [-0.2, 0) is 6.18 Å². The minimum atomic E-state index is -4.38. The number of rotatable bonds is 1. The fraction of sp³-hybridized carbons (Fsp3) is 0.545. The van der Waals surface area contributed by atoms with Gasteiger partial charge in [-0.15, -0.1) is 0 Å². The zero-order chi connectivity index (χ0) is 12.5. The van der Waals surface area contributed by atoms with Gasteiger partial charge in [-0.1, -0.05) is 0 Å². The summed E-state index contributed by atoms with van der Waals surface area (Å²) >= 11 is 0. The van der Waals surface area contributed by atoms with Crippen LogP contribution < -0.4 is 5.32 Å². The van der Waals surface area contributed by atoms with E-state index in [2.05, 4.69) is 15.2 Å². The topological polar surface area (TPSA) is 28.2 Å². The van der Waals surface area contributed by atoms with Gasteiger partial charge in [0.2, 0.25) is 0 Å². The van der Waals surface area contributed by atoms with Crippen LogP contribution in [0.3, 0.4) is 0 Å². The van der Waals surface area contributed by atoms with Gasteiger partial charge in [-0.2, -0.15) is 13.2 Å². The van der Waals surface area contributed by atoms with Crippen LogP contribution in [0.15, 0.2) is 18.3 Å². The van der Waals surface area contributed by atoms with E-state index in [-0.39, 0.29) is 6.04 Å². The molecular weight excluding hydrogens is 231 g/mol. The molecule has 2 rings (SSSR count). The highest BCUT2D eigenvalue weighted by molar-refractivity contribution is 5.22. The average molecular weight is 245 g/mol. The Morgan fingerprint density at radius 3 is 2.88 bits per heavy atom. The monoisotopic (exact) mass is 245 g/mol. The largest absolute Gasteiger partial charge is 0.433 e. The lowest BCUT2D eigenvalue weighted by Gasteiger charge is -2.31. The molecule has 6 heteroatoms. The number of hydrogen-bond acceptors (Lipinski definition) is 3. The van der Waals surface area contributed by atoms with Crippen molar-refractivity contribution in [2.75, 3.05) is 26.7 Å². The van der Waals surface area contributed by atoms with Gasteiger partial charge in [0.1, 0.15) is 5.69 Å². The van der Waals surface area contributed by atoms with E-state index in [1.807, 2.05) is 7.05 Å². The zero-order valence-corrected chi connectivity index (χ0v) is 9.46. The van der Waals surface area contributed by atoms with E-state index in [1.165, 1.54) is 6.20 Å². The molecule has 17 heavy (non-hydrogen) atoms. The molecule has 1 aliphatic rings. The molecule has 1 aromatic heterocycles. The van der Waals surface area contributed by atoms with Crippen molar-refractivity contribution in [3.05, 3.63) is 29.6 Å². The first-order valence-corrected chi connectivity index (χ1v) is 5.42. The van der Waals surface area contributed by atoms with Gasteiger partial charge in [-0.25, -0.2) is 0 Å². The van der Waals surface area contributed by atoms with Crippen LogP contribution in [0.5, 0.6) is 0 Å². The standard InChI is InChI=1S/C11H14F3N3/c1-17-5-4-15-9(7-17)8-2-3-16-10(6-8)11(12,13)14/h2-3,6,9,15H,4-5,7H2,1H3. The van der Waals surface area contributed by atoms with Crippen LogP contribution in [0.2, 0.25) is 0 Å². The number of piperazine rings is 1. The Labute approximate surface area is 97.6 Å². The number of likely N-dealkylation sites (N-methyl/N-ethyl adjacent to an activating group) is 1. The maximum absolute atomic E-state index is 12.5. The lowest BCUT2D eigenvalue weighted by Crippen LogP contribution is -2.43. The number of nitrogens with zero attached hydrogens (tertiary/aromatic N) is 2. The molecule has 1 aromatic rings. The summed E-state index contributed by atoms with van der Waals surface area (Å²) < 4.78 is 37.6. The summed E-state index contributed by atoms with van der Waals surface area (Å²) in [7, 11) is 1.96. The number of hydrogen-bond donors (Lipinski definition) is 1. The van der Waals surface area contributed by atoms with Crippen LogP contribution in [0.25, 0.3) is 0 Å². The van der Waals surface area contributed by atoms with Gasteiger partial charge < -0.3 is 10.2 Å². The van der Waals surface area contributed by atoms with Crippen LogP contribution in [-0.4, -0.2) is 36.6 Å². The molecule has 0 spiro atoms. The molecule has 0 aromatic carbocycles. The zero-order valence-electron chi connectivity index (χ0n) is 9.46. The number of nitrogens with one attached hydrogen (secondary N) is 1. The van der Waals surface area contributed by atoms with Gasteiger partial charge in [-0.3, -0.25) is 4.98 Å². The fourth-order valence-electron chi connectivity index (χ4n) is 1.94. The average Bonchev–Trinajstić information content (AvgIpc) is 2.28. The first kappa shape index (κ1) is 12.3. The second-order valence-electron chi connectivity index (χ2n) is 4.24. The summed E-state index contributed by atoms with van der Waals surface area (Å²) in [6.07, 6.45) is -3.16. The van der Waals surface area contributed by atoms with Crippen LogP contribution in [0.4, 0.5) is 13.2 Å². The lowest BCUT2D eigenvalue weighted by atomic mass is 10.1. The summed E-state index contributed by atoms with van der Waals surface area (Å²) in [6, 6.07) is 2.70. The Morgan fingerprint density at radius 2 is 2.24 bits per heavy atom. The molecule has 0 bridgehead atoms. The maximum atomic E-state index is 12.5. The summed E-state index contributed by atoms with van der Waals surface area (Å²) in [5.74, 6) is 0. The molecule has 2 heterocycles. The summed E-state index contributed by atoms with van der Waals surface area (Å²) in [5, 5.41) is 3.21. The molecule has 1 fully saturated rings. The van der Waals surface area contributed by atoms with Crippen LogP contribution >= 0.6 is 0 Å². The quantitative estimate of drug-likeness (QED) is 0.816. The molecule has 0 radical (unpaired) electrons. The molecule has 0 aliphatic carbocycles. The Balaban J connectivity index is 2.21. The summed E-state index contributed by atoms with van der Waals surface area (Å²) in [5.41, 5.74) is -0.191. The third-order valence-electron chi connectivity index (χ3n) is 2.86. The third kappa shape index (κ3) is 2.95. The summed E-state index contributed by atoms with van der Waals surface area (Å²) in [6.45, 7) is 2.40. The predicted molar refractivity (Wildman–Crippen MR) is 57.5 cm³/mol. The van der Waals surface area contributed by atoms with Crippen molar-refractivity contribution in [3.8, 4) is 0 Å².